The Morgan fingerprint density at radius 1 is 1.07 bits per heavy atom. The largest absolute Gasteiger partial charge is 0.346 e. The van der Waals surface area contributed by atoms with Gasteiger partial charge in [0.2, 0.25) is 0 Å². The molecule has 0 bridgehead atoms. The van der Waals surface area contributed by atoms with Crippen molar-refractivity contribution in [3.8, 4) is 0 Å². The molecule has 0 heterocycles. The number of hydrogen-bond acceptors (Lipinski definition) is 4. The van der Waals surface area contributed by atoms with E-state index in [1.165, 1.54) is 24.3 Å². The minimum Gasteiger partial charge on any atom is -0.346 e. The maximum Gasteiger partial charge on any atom is 0.261 e. The van der Waals surface area contributed by atoms with E-state index in [1.54, 1.807) is 30.3 Å². The van der Waals surface area contributed by atoms with Crippen LogP contribution in [0.5, 0.6) is 0 Å². The molecule has 2 aromatic carbocycles. The monoisotopic (exact) mass is 389 g/mol. The van der Waals surface area contributed by atoms with Crippen LogP contribution in [0, 0.1) is 5.92 Å². The number of anilines is 1. The zero-order valence-electron chi connectivity index (χ0n) is 15.9. The summed E-state index contributed by atoms with van der Waals surface area (Å²) in [4.78, 5) is 12.6. The molecule has 4 N–H and O–H groups in total. The number of nitrogens with two attached hydrogens (primary N) is 1. The van der Waals surface area contributed by atoms with Crippen molar-refractivity contribution in [1.29, 1.82) is 0 Å². The van der Waals surface area contributed by atoms with E-state index in [4.69, 9.17) is 5.73 Å². The highest BCUT2D eigenvalue weighted by Crippen LogP contribution is 2.18. The molecule has 1 amide bonds. The van der Waals surface area contributed by atoms with E-state index in [1.807, 2.05) is 6.92 Å². The predicted molar refractivity (Wildman–Crippen MR) is 108 cm³/mol. The number of hydrogen-bond donors (Lipinski definition) is 3. The van der Waals surface area contributed by atoms with Gasteiger partial charge in [-0.05, 0) is 55.7 Å². The Kier molecular flexibility index (Phi) is 6.62. The van der Waals surface area contributed by atoms with E-state index in [9.17, 15) is 13.2 Å². The molecule has 1 unspecified atom stereocenters. The third-order valence-electron chi connectivity index (χ3n) is 4.18. The Morgan fingerprint density at radius 3 is 2.19 bits per heavy atom. The quantitative estimate of drug-likeness (QED) is 0.646. The highest BCUT2D eigenvalue weighted by atomic mass is 32.2. The molecule has 0 aliphatic rings. The average molecular weight is 390 g/mol. The lowest BCUT2D eigenvalue weighted by Crippen LogP contribution is -2.52. The van der Waals surface area contributed by atoms with Gasteiger partial charge in [-0.2, -0.15) is 0 Å². The first kappa shape index (κ1) is 20.9. The number of amides is 1. The van der Waals surface area contributed by atoms with Crippen molar-refractivity contribution in [2.24, 2.45) is 11.7 Å². The molecule has 0 aliphatic carbocycles. The van der Waals surface area contributed by atoms with Gasteiger partial charge in [0.15, 0.2) is 0 Å². The fraction of sp³-hybridized carbons (Fsp3) is 0.350. The highest BCUT2D eigenvalue weighted by Gasteiger charge is 2.26. The SMILES string of the molecule is CC(C)CC(C)(CN)NC(=O)c1ccc(S(=O)(=O)Nc2ccccc2)cc1. The molecule has 27 heavy (non-hydrogen) atoms. The lowest BCUT2D eigenvalue weighted by molar-refractivity contribution is 0.0898. The number of para-hydroxylation sites is 1. The molecule has 2 rings (SSSR count). The van der Waals surface area contributed by atoms with Crippen molar-refractivity contribution in [3.05, 3.63) is 60.2 Å². The zero-order valence-corrected chi connectivity index (χ0v) is 16.7. The molecule has 0 spiro atoms. The van der Waals surface area contributed by atoms with Gasteiger partial charge in [0.25, 0.3) is 15.9 Å². The van der Waals surface area contributed by atoms with E-state index in [0.717, 1.165) is 6.42 Å². The van der Waals surface area contributed by atoms with Crippen molar-refractivity contribution in [1.82, 2.24) is 5.32 Å². The fourth-order valence-electron chi connectivity index (χ4n) is 2.94. The Hall–Kier alpha value is -2.38. The van der Waals surface area contributed by atoms with Gasteiger partial charge in [0.05, 0.1) is 4.90 Å². The third kappa shape index (κ3) is 5.80. The Labute approximate surface area is 161 Å². The molecule has 2 aromatic rings. The van der Waals surface area contributed by atoms with Gasteiger partial charge in [0.1, 0.15) is 0 Å². The lowest BCUT2D eigenvalue weighted by atomic mass is 9.90. The topological polar surface area (TPSA) is 101 Å². The molecular weight excluding hydrogens is 362 g/mol. The van der Waals surface area contributed by atoms with Crippen LogP contribution >= 0.6 is 0 Å². The van der Waals surface area contributed by atoms with Crippen molar-refractivity contribution < 1.29 is 13.2 Å². The first-order valence-corrected chi connectivity index (χ1v) is 10.3. The van der Waals surface area contributed by atoms with E-state index in [0.29, 0.717) is 23.7 Å². The minimum atomic E-state index is -3.71. The van der Waals surface area contributed by atoms with Gasteiger partial charge in [-0.25, -0.2) is 8.42 Å². The number of rotatable bonds is 8. The van der Waals surface area contributed by atoms with E-state index in [2.05, 4.69) is 23.9 Å². The third-order valence-corrected chi connectivity index (χ3v) is 5.57. The summed E-state index contributed by atoms with van der Waals surface area (Å²) in [5.41, 5.74) is 6.19. The van der Waals surface area contributed by atoms with Crippen LogP contribution < -0.4 is 15.8 Å². The Balaban J connectivity index is 2.13. The standard InChI is InChI=1S/C20H27N3O3S/c1-15(2)13-20(3,14-21)22-19(24)16-9-11-18(12-10-16)27(25,26)23-17-7-5-4-6-8-17/h4-12,15,23H,13-14,21H2,1-3H3,(H,22,24). The average Bonchev–Trinajstić information content (AvgIpc) is 2.61. The molecule has 0 saturated carbocycles. The van der Waals surface area contributed by atoms with Crippen molar-refractivity contribution in [3.63, 3.8) is 0 Å². The van der Waals surface area contributed by atoms with Crippen molar-refractivity contribution in [2.45, 2.75) is 37.6 Å². The van der Waals surface area contributed by atoms with Crippen LogP contribution in [0.3, 0.4) is 0 Å². The molecule has 0 fully saturated rings. The molecular formula is C20H27N3O3S. The molecule has 0 radical (unpaired) electrons. The summed E-state index contributed by atoms with van der Waals surface area (Å²) in [6.07, 6.45) is 0.753. The van der Waals surface area contributed by atoms with Gasteiger partial charge in [-0.1, -0.05) is 32.0 Å². The summed E-state index contributed by atoms with van der Waals surface area (Å²) in [5.74, 6) is 0.110. The van der Waals surface area contributed by atoms with E-state index in [-0.39, 0.29) is 10.8 Å². The van der Waals surface area contributed by atoms with Crippen LogP contribution in [0.2, 0.25) is 0 Å². The van der Waals surface area contributed by atoms with Crippen LogP contribution in [0.1, 0.15) is 37.6 Å². The summed E-state index contributed by atoms with van der Waals surface area (Å²) in [5, 5.41) is 2.96. The van der Waals surface area contributed by atoms with Gasteiger partial charge in [-0.3, -0.25) is 9.52 Å². The van der Waals surface area contributed by atoms with Crippen molar-refractivity contribution >= 4 is 21.6 Å². The Bertz CT molecular complexity index is 865. The second kappa shape index (κ2) is 8.54. The highest BCUT2D eigenvalue weighted by molar-refractivity contribution is 7.92. The number of benzene rings is 2. The first-order valence-electron chi connectivity index (χ1n) is 8.86. The maximum absolute atomic E-state index is 12.5. The molecule has 7 heteroatoms. The fourth-order valence-corrected chi connectivity index (χ4v) is 4.00. The lowest BCUT2D eigenvalue weighted by Gasteiger charge is -2.31. The maximum atomic E-state index is 12.5. The zero-order chi connectivity index (χ0) is 20.1. The molecule has 0 aliphatic heterocycles. The van der Waals surface area contributed by atoms with E-state index >= 15 is 0 Å². The number of nitrogens with one attached hydrogen (secondary N) is 2. The van der Waals surface area contributed by atoms with Gasteiger partial charge >= 0.3 is 0 Å². The predicted octanol–water partition coefficient (Wildman–Crippen LogP) is 2.98. The summed E-state index contributed by atoms with van der Waals surface area (Å²) < 4.78 is 27.4. The second-order valence-electron chi connectivity index (χ2n) is 7.31. The molecule has 0 saturated heterocycles. The van der Waals surface area contributed by atoms with Crippen LogP contribution in [-0.2, 0) is 10.0 Å². The first-order chi connectivity index (χ1) is 12.6. The molecule has 6 nitrogen and oxygen atoms in total. The second-order valence-corrected chi connectivity index (χ2v) is 9.00. The normalized spacial score (nSPS) is 13.8. The smallest absolute Gasteiger partial charge is 0.261 e. The minimum absolute atomic E-state index is 0.0895. The van der Waals surface area contributed by atoms with Crippen LogP contribution in [-0.4, -0.2) is 26.4 Å². The number of sulfonamides is 1. The van der Waals surface area contributed by atoms with Crippen molar-refractivity contribution in [2.75, 3.05) is 11.3 Å². The molecule has 146 valence electrons. The number of carbonyl (C=O) groups is 1. The summed E-state index contributed by atoms with van der Waals surface area (Å²) in [6, 6.07) is 14.5. The summed E-state index contributed by atoms with van der Waals surface area (Å²) in [6.45, 7) is 6.37. The number of carbonyl (C=O) groups excluding carboxylic acids is 1. The molecule has 0 aromatic heterocycles. The van der Waals surface area contributed by atoms with Crippen LogP contribution in [0.15, 0.2) is 59.5 Å². The van der Waals surface area contributed by atoms with Crippen LogP contribution in [0.25, 0.3) is 0 Å². The van der Waals surface area contributed by atoms with Crippen LogP contribution in [0.4, 0.5) is 5.69 Å². The summed E-state index contributed by atoms with van der Waals surface area (Å²) >= 11 is 0. The summed E-state index contributed by atoms with van der Waals surface area (Å²) in [7, 11) is -3.71. The molecule has 1 atom stereocenters. The van der Waals surface area contributed by atoms with Gasteiger partial charge < -0.3 is 11.1 Å². The Morgan fingerprint density at radius 2 is 1.67 bits per heavy atom. The van der Waals surface area contributed by atoms with E-state index < -0.39 is 15.6 Å². The van der Waals surface area contributed by atoms with Gasteiger partial charge in [0, 0.05) is 23.3 Å². The van der Waals surface area contributed by atoms with Gasteiger partial charge in [-0.15, -0.1) is 0 Å².